The Morgan fingerprint density at radius 3 is 2.75 bits per heavy atom. The number of nitrogens with zero attached hydrogens (tertiary/aromatic N) is 3. The quantitative estimate of drug-likeness (QED) is 0.661. The van der Waals surface area contributed by atoms with Crippen molar-refractivity contribution in [3.63, 3.8) is 0 Å². The second-order valence-corrected chi connectivity index (χ2v) is 7.58. The molecule has 148 valence electrons. The molecular formula is C19H21ClFN5OS. The van der Waals surface area contributed by atoms with Gasteiger partial charge in [0.25, 0.3) is 5.91 Å². The van der Waals surface area contributed by atoms with Gasteiger partial charge in [0.05, 0.1) is 10.6 Å². The highest BCUT2D eigenvalue weighted by Gasteiger charge is 2.29. The molecule has 1 aliphatic rings. The molecule has 6 nitrogen and oxygen atoms in total. The molecule has 3 N–H and O–H groups in total. The van der Waals surface area contributed by atoms with Gasteiger partial charge in [-0.15, -0.1) is 28.8 Å². The largest absolute Gasteiger partial charge is 0.346 e. The number of carbonyl (C=O) groups is 1. The molecule has 9 heteroatoms. The zero-order valence-corrected chi connectivity index (χ0v) is 16.7. The van der Waals surface area contributed by atoms with Crippen LogP contribution < -0.4 is 11.1 Å². The number of nitrogens with one attached hydrogen (secondary N) is 1. The Morgan fingerprint density at radius 2 is 2.07 bits per heavy atom. The van der Waals surface area contributed by atoms with E-state index < -0.39 is 0 Å². The van der Waals surface area contributed by atoms with Gasteiger partial charge in [0.2, 0.25) is 5.82 Å². The first-order chi connectivity index (χ1) is 13.2. The molecule has 0 saturated heterocycles. The molecule has 0 bridgehead atoms. The van der Waals surface area contributed by atoms with E-state index in [1.807, 2.05) is 17.5 Å². The van der Waals surface area contributed by atoms with Crippen LogP contribution in [0.15, 0.2) is 41.8 Å². The van der Waals surface area contributed by atoms with Gasteiger partial charge in [-0.2, -0.15) is 0 Å². The number of rotatable bonds is 5. The summed E-state index contributed by atoms with van der Waals surface area (Å²) in [4.78, 5) is 18.1. The third-order valence-corrected chi connectivity index (χ3v) is 5.77. The third-order valence-electron chi connectivity index (χ3n) is 4.90. The minimum Gasteiger partial charge on any atom is -0.346 e. The normalized spacial score (nSPS) is 18.6. The summed E-state index contributed by atoms with van der Waals surface area (Å²) in [5.41, 5.74) is 6.45. The summed E-state index contributed by atoms with van der Waals surface area (Å²) in [5, 5.41) is 9.37. The Bertz CT molecular complexity index is 928. The van der Waals surface area contributed by atoms with Crippen molar-refractivity contribution >= 4 is 29.7 Å². The van der Waals surface area contributed by atoms with Crippen LogP contribution in [0.2, 0.25) is 0 Å². The van der Waals surface area contributed by atoms with Crippen molar-refractivity contribution in [2.75, 3.05) is 6.54 Å². The lowest BCUT2D eigenvalue weighted by atomic mass is 10.0. The van der Waals surface area contributed by atoms with Crippen LogP contribution >= 0.6 is 23.7 Å². The van der Waals surface area contributed by atoms with E-state index in [2.05, 4.69) is 15.4 Å². The maximum Gasteiger partial charge on any atom is 0.291 e. The molecule has 0 radical (unpaired) electrons. The standard InChI is InChI=1S/C19H20FN5OS.ClH/c20-13-6-8-14(9-7-13)25-18(16-5-2-10-27-16)23-17(24-25)19(26)22-15-4-1-3-12(15)11-21;/h2,5-10,12,15H,1,3-4,11,21H2,(H,22,26);1H. The summed E-state index contributed by atoms with van der Waals surface area (Å²) < 4.78 is 14.9. The molecular weight excluding hydrogens is 401 g/mol. The zero-order valence-electron chi connectivity index (χ0n) is 15.0. The maximum atomic E-state index is 13.3. The van der Waals surface area contributed by atoms with Crippen LogP contribution in [0.4, 0.5) is 4.39 Å². The number of nitrogens with two attached hydrogens (primary N) is 1. The van der Waals surface area contributed by atoms with Crippen LogP contribution in [0.25, 0.3) is 16.4 Å². The Balaban J connectivity index is 0.00000225. The SMILES string of the molecule is Cl.NCC1CCCC1NC(=O)c1nc(-c2cccs2)n(-c2ccc(F)cc2)n1. The van der Waals surface area contributed by atoms with Gasteiger partial charge in [0.1, 0.15) is 5.82 Å². The predicted octanol–water partition coefficient (Wildman–Crippen LogP) is 3.41. The second-order valence-electron chi connectivity index (χ2n) is 6.63. The van der Waals surface area contributed by atoms with Gasteiger partial charge in [-0.25, -0.2) is 14.1 Å². The molecule has 4 rings (SSSR count). The van der Waals surface area contributed by atoms with Crippen LogP contribution in [0.1, 0.15) is 29.9 Å². The highest BCUT2D eigenvalue weighted by Crippen LogP contribution is 2.27. The van der Waals surface area contributed by atoms with Crippen molar-refractivity contribution in [2.24, 2.45) is 11.7 Å². The van der Waals surface area contributed by atoms with Gasteiger partial charge in [-0.1, -0.05) is 12.5 Å². The lowest BCUT2D eigenvalue weighted by Crippen LogP contribution is -2.40. The first-order valence-corrected chi connectivity index (χ1v) is 9.81. The summed E-state index contributed by atoms with van der Waals surface area (Å²) in [5.74, 6) is 0.321. The fourth-order valence-corrected chi connectivity index (χ4v) is 4.18. The van der Waals surface area contributed by atoms with E-state index in [0.717, 1.165) is 24.1 Å². The summed E-state index contributed by atoms with van der Waals surface area (Å²) >= 11 is 1.50. The minimum absolute atomic E-state index is 0. The van der Waals surface area contributed by atoms with Gasteiger partial charge in [-0.3, -0.25) is 4.79 Å². The molecule has 28 heavy (non-hydrogen) atoms. The van der Waals surface area contributed by atoms with E-state index in [4.69, 9.17) is 5.73 Å². The number of halogens is 2. The van der Waals surface area contributed by atoms with Crippen LogP contribution in [0.5, 0.6) is 0 Å². The van der Waals surface area contributed by atoms with Crippen molar-refractivity contribution in [3.05, 3.63) is 53.4 Å². The van der Waals surface area contributed by atoms with E-state index in [-0.39, 0.29) is 36.0 Å². The van der Waals surface area contributed by atoms with Crippen LogP contribution in [-0.4, -0.2) is 33.3 Å². The number of hydrogen-bond acceptors (Lipinski definition) is 5. The topological polar surface area (TPSA) is 85.8 Å². The van der Waals surface area contributed by atoms with Crippen LogP contribution in [0.3, 0.4) is 0 Å². The van der Waals surface area contributed by atoms with Gasteiger partial charge >= 0.3 is 0 Å². The highest BCUT2D eigenvalue weighted by molar-refractivity contribution is 7.13. The average molecular weight is 422 g/mol. The molecule has 2 atom stereocenters. The first kappa shape index (κ1) is 20.4. The number of thiophene rings is 1. The van der Waals surface area contributed by atoms with Gasteiger partial charge in [0.15, 0.2) is 5.82 Å². The number of amides is 1. The van der Waals surface area contributed by atoms with Gasteiger partial charge in [-0.05, 0) is 61.0 Å². The van der Waals surface area contributed by atoms with Gasteiger partial charge < -0.3 is 11.1 Å². The van der Waals surface area contributed by atoms with E-state index in [1.165, 1.54) is 23.5 Å². The molecule has 1 aliphatic carbocycles. The van der Waals surface area contributed by atoms with Crippen molar-refractivity contribution in [1.82, 2.24) is 20.1 Å². The number of hydrogen-bond donors (Lipinski definition) is 2. The van der Waals surface area contributed by atoms with Crippen LogP contribution in [0, 0.1) is 11.7 Å². The third kappa shape index (κ3) is 4.09. The number of aromatic nitrogens is 3. The van der Waals surface area contributed by atoms with E-state index in [0.29, 0.717) is 24.0 Å². The van der Waals surface area contributed by atoms with Crippen molar-refractivity contribution in [1.29, 1.82) is 0 Å². The fraction of sp³-hybridized carbons (Fsp3) is 0.316. The molecule has 1 saturated carbocycles. The minimum atomic E-state index is -0.330. The van der Waals surface area contributed by atoms with Crippen LogP contribution in [-0.2, 0) is 0 Å². The summed E-state index contributed by atoms with van der Waals surface area (Å²) in [6, 6.07) is 9.84. The highest BCUT2D eigenvalue weighted by atomic mass is 35.5. The first-order valence-electron chi connectivity index (χ1n) is 8.93. The molecule has 0 aliphatic heterocycles. The van der Waals surface area contributed by atoms with E-state index in [9.17, 15) is 9.18 Å². The Labute approximate surface area is 172 Å². The molecule has 2 aromatic heterocycles. The Kier molecular flexibility index (Phi) is 6.43. The Hall–Kier alpha value is -2.29. The molecule has 1 aromatic carbocycles. The number of carbonyl (C=O) groups excluding carboxylic acids is 1. The van der Waals surface area contributed by atoms with Crippen molar-refractivity contribution < 1.29 is 9.18 Å². The number of benzene rings is 1. The molecule has 0 spiro atoms. The monoisotopic (exact) mass is 421 g/mol. The van der Waals surface area contributed by atoms with E-state index in [1.54, 1.807) is 16.8 Å². The second kappa shape index (κ2) is 8.81. The summed E-state index contributed by atoms with van der Waals surface area (Å²) in [6.07, 6.45) is 3.01. The van der Waals surface area contributed by atoms with Gasteiger partial charge in [0, 0.05) is 6.04 Å². The lowest BCUT2D eigenvalue weighted by molar-refractivity contribution is 0.0918. The van der Waals surface area contributed by atoms with Crippen molar-refractivity contribution in [2.45, 2.75) is 25.3 Å². The lowest BCUT2D eigenvalue weighted by Gasteiger charge is -2.18. The molecule has 1 amide bonds. The van der Waals surface area contributed by atoms with Crippen molar-refractivity contribution in [3.8, 4) is 16.4 Å². The zero-order chi connectivity index (χ0) is 18.8. The molecule has 1 fully saturated rings. The molecule has 2 unspecified atom stereocenters. The Morgan fingerprint density at radius 1 is 1.29 bits per heavy atom. The molecule has 2 heterocycles. The smallest absolute Gasteiger partial charge is 0.291 e. The maximum absolute atomic E-state index is 13.3. The predicted molar refractivity (Wildman–Crippen MR) is 110 cm³/mol. The van der Waals surface area contributed by atoms with E-state index >= 15 is 0 Å². The average Bonchev–Trinajstić information content (AvgIpc) is 3.42. The summed E-state index contributed by atoms with van der Waals surface area (Å²) in [6.45, 7) is 0.558. The fourth-order valence-electron chi connectivity index (χ4n) is 3.48. The molecule has 3 aromatic rings. The summed E-state index contributed by atoms with van der Waals surface area (Å²) in [7, 11) is 0.